The Balaban J connectivity index is 1.63. The molecule has 0 saturated carbocycles. The number of phenols is 4. The topological polar surface area (TPSA) is 106 Å². The summed E-state index contributed by atoms with van der Waals surface area (Å²) in [6.07, 6.45) is 3.06. The number of para-hydroxylation sites is 2. The minimum absolute atomic E-state index is 0.219. The van der Waals surface area contributed by atoms with Gasteiger partial charge < -0.3 is 20.4 Å². The van der Waals surface area contributed by atoms with Crippen molar-refractivity contribution >= 4 is 45.3 Å². The van der Waals surface area contributed by atoms with E-state index in [-0.39, 0.29) is 23.0 Å². The molecular weight excluding hydrogens is 500 g/mol. The van der Waals surface area contributed by atoms with Crippen molar-refractivity contribution in [1.82, 2.24) is 0 Å². The summed E-state index contributed by atoms with van der Waals surface area (Å²) in [5.41, 5.74) is 3.75. The first-order valence-electron chi connectivity index (χ1n) is 12.6. The third-order valence-corrected chi connectivity index (χ3v) is 6.84. The molecule has 0 atom stereocenters. The highest BCUT2D eigenvalue weighted by Gasteiger charge is 2.17. The number of aliphatic imine (C=N–C) groups is 2. The number of rotatable bonds is 5. The van der Waals surface area contributed by atoms with Gasteiger partial charge in [-0.15, -0.1) is 0 Å². The Hall–Kier alpha value is -5.62. The van der Waals surface area contributed by atoms with Crippen LogP contribution in [0.4, 0.5) is 11.4 Å². The molecule has 4 N–H and O–H groups in total. The van der Waals surface area contributed by atoms with E-state index in [0.717, 1.165) is 32.7 Å². The maximum atomic E-state index is 10.3. The zero-order valence-electron chi connectivity index (χ0n) is 21.2. The third kappa shape index (κ3) is 4.48. The lowest BCUT2D eigenvalue weighted by Crippen LogP contribution is -1.89. The molecule has 0 aliphatic rings. The minimum atomic E-state index is -0.241. The van der Waals surface area contributed by atoms with Gasteiger partial charge in [0.1, 0.15) is 0 Å². The molecule has 0 aliphatic heterocycles. The number of aromatic hydroxyl groups is 4. The van der Waals surface area contributed by atoms with Crippen LogP contribution in [-0.4, -0.2) is 32.9 Å². The fourth-order valence-corrected chi connectivity index (χ4v) is 4.84. The van der Waals surface area contributed by atoms with Gasteiger partial charge in [-0.05, 0) is 57.9 Å². The van der Waals surface area contributed by atoms with E-state index >= 15 is 0 Å². The Labute approximate surface area is 230 Å². The molecule has 0 radical (unpaired) electrons. The molecule has 0 fully saturated rings. The minimum Gasteiger partial charge on any atom is -0.504 e. The summed E-state index contributed by atoms with van der Waals surface area (Å²) in [5, 5.41) is 44.6. The van der Waals surface area contributed by atoms with Crippen molar-refractivity contribution in [3.63, 3.8) is 0 Å². The highest BCUT2D eigenvalue weighted by Crippen LogP contribution is 2.45. The fourth-order valence-electron chi connectivity index (χ4n) is 4.84. The molecule has 0 amide bonds. The lowest BCUT2D eigenvalue weighted by Gasteiger charge is -2.16. The summed E-state index contributed by atoms with van der Waals surface area (Å²) in [6, 6.07) is 33.3. The predicted molar refractivity (Wildman–Crippen MR) is 161 cm³/mol. The van der Waals surface area contributed by atoms with Crippen molar-refractivity contribution in [2.45, 2.75) is 0 Å². The van der Waals surface area contributed by atoms with Crippen LogP contribution in [0.2, 0.25) is 0 Å². The van der Waals surface area contributed by atoms with Gasteiger partial charge in [0.2, 0.25) is 0 Å². The summed E-state index contributed by atoms with van der Waals surface area (Å²) >= 11 is 0. The average molecular weight is 525 g/mol. The van der Waals surface area contributed by atoms with Gasteiger partial charge in [0.25, 0.3) is 0 Å². The van der Waals surface area contributed by atoms with E-state index in [0.29, 0.717) is 22.5 Å². The van der Waals surface area contributed by atoms with E-state index < -0.39 is 0 Å². The van der Waals surface area contributed by atoms with Crippen LogP contribution in [0.1, 0.15) is 11.1 Å². The molecule has 6 aromatic rings. The van der Waals surface area contributed by atoms with Crippen LogP contribution >= 0.6 is 0 Å². The number of hydrogen-bond donors (Lipinski definition) is 4. The van der Waals surface area contributed by atoms with E-state index in [1.807, 2.05) is 72.8 Å². The molecule has 0 aliphatic carbocycles. The maximum absolute atomic E-state index is 10.3. The second kappa shape index (κ2) is 10.3. The van der Waals surface area contributed by atoms with Crippen molar-refractivity contribution in [3.8, 4) is 34.1 Å². The second-order valence-corrected chi connectivity index (χ2v) is 9.31. The largest absolute Gasteiger partial charge is 0.504 e. The van der Waals surface area contributed by atoms with Crippen molar-refractivity contribution < 1.29 is 20.4 Å². The van der Waals surface area contributed by atoms with Gasteiger partial charge in [-0.1, -0.05) is 72.8 Å². The number of fused-ring (bicyclic) bond motifs is 2. The van der Waals surface area contributed by atoms with Gasteiger partial charge >= 0.3 is 0 Å². The number of hydrogen-bond acceptors (Lipinski definition) is 6. The first-order chi connectivity index (χ1) is 19.5. The number of phenolic OH excluding ortho intramolecular Hbond substituents is 4. The fraction of sp³-hybridized carbons (Fsp3) is 0. The smallest absolute Gasteiger partial charge is 0.166 e. The molecular formula is C34H24N2O4. The number of nitrogens with zero attached hydrogens (tertiary/aromatic N) is 2. The van der Waals surface area contributed by atoms with Gasteiger partial charge in [-0.3, -0.25) is 9.98 Å². The van der Waals surface area contributed by atoms with Crippen molar-refractivity contribution in [1.29, 1.82) is 0 Å². The monoisotopic (exact) mass is 524 g/mol. The summed E-state index contributed by atoms with van der Waals surface area (Å²) in [6.45, 7) is 0. The van der Waals surface area contributed by atoms with Gasteiger partial charge in [-0.2, -0.15) is 0 Å². The lowest BCUT2D eigenvalue weighted by atomic mass is 9.91. The van der Waals surface area contributed by atoms with Crippen LogP contribution in [0, 0.1) is 0 Å². The normalized spacial score (nSPS) is 11.7. The quantitative estimate of drug-likeness (QED) is 0.135. The third-order valence-electron chi connectivity index (χ3n) is 6.84. The summed E-state index contributed by atoms with van der Waals surface area (Å²) in [5.74, 6) is -0.919. The van der Waals surface area contributed by atoms with Crippen LogP contribution < -0.4 is 0 Å². The van der Waals surface area contributed by atoms with Gasteiger partial charge in [0.05, 0.1) is 11.4 Å². The van der Waals surface area contributed by atoms with Crippen molar-refractivity contribution in [2.75, 3.05) is 0 Å². The molecule has 0 saturated heterocycles. The van der Waals surface area contributed by atoms with Gasteiger partial charge in [0, 0.05) is 34.7 Å². The van der Waals surface area contributed by atoms with E-state index in [1.165, 1.54) is 24.6 Å². The maximum Gasteiger partial charge on any atom is 0.166 e. The molecule has 194 valence electrons. The second-order valence-electron chi connectivity index (χ2n) is 9.31. The van der Waals surface area contributed by atoms with Crippen LogP contribution in [-0.2, 0) is 0 Å². The van der Waals surface area contributed by atoms with Crippen molar-refractivity contribution in [2.24, 2.45) is 9.98 Å². The predicted octanol–water partition coefficient (Wildman–Crippen LogP) is 7.98. The van der Waals surface area contributed by atoms with E-state index in [9.17, 15) is 20.4 Å². The lowest BCUT2D eigenvalue weighted by molar-refractivity contribution is 0.403. The van der Waals surface area contributed by atoms with Gasteiger partial charge in [-0.25, -0.2) is 0 Å². The Morgan fingerprint density at radius 2 is 0.850 bits per heavy atom. The molecule has 6 rings (SSSR count). The van der Waals surface area contributed by atoms with E-state index in [1.54, 1.807) is 24.3 Å². The van der Waals surface area contributed by atoms with Crippen molar-refractivity contribution in [3.05, 3.63) is 120 Å². The first kappa shape index (κ1) is 24.7. The Bertz CT molecular complexity index is 1820. The molecule has 0 unspecified atom stereocenters. The molecule has 40 heavy (non-hydrogen) atoms. The highest BCUT2D eigenvalue weighted by atomic mass is 16.3. The summed E-state index contributed by atoms with van der Waals surface area (Å²) < 4.78 is 0. The Morgan fingerprint density at radius 1 is 0.425 bits per heavy atom. The molecule has 0 spiro atoms. The van der Waals surface area contributed by atoms with Crippen LogP contribution in [0.25, 0.3) is 32.7 Å². The van der Waals surface area contributed by atoms with Gasteiger partial charge in [0.15, 0.2) is 23.0 Å². The van der Waals surface area contributed by atoms with E-state index in [2.05, 4.69) is 0 Å². The zero-order chi connectivity index (χ0) is 27.6. The summed E-state index contributed by atoms with van der Waals surface area (Å²) in [4.78, 5) is 9.55. The molecule has 6 nitrogen and oxygen atoms in total. The average Bonchev–Trinajstić information content (AvgIpc) is 2.98. The SMILES string of the molecule is Oc1cccc(C=Nc2ccc3ccccc3c2-c2c(N=Cc3cccc(O)c3O)ccc3ccccc23)c1O. The molecule has 0 aromatic heterocycles. The molecule has 0 heterocycles. The Morgan fingerprint density at radius 3 is 1.30 bits per heavy atom. The highest BCUT2D eigenvalue weighted by molar-refractivity contribution is 6.13. The van der Waals surface area contributed by atoms with Crippen LogP contribution in [0.3, 0.4) is 0 Å². The van der Waals surface area contributed by atoms with E-state index in [4.69, 9.17) is 9.98 Å². The number of benzene rings is 6. The molecule has 6 heteroatoms. The Kier molecular flexibility index (Phi) is 6.34. The molecule has 0 bridgehead atoms. The zero-order valence-corrected chi connectivity index (χ0v) is 21.2. The first-order valence-corrected chi connectivity index (χ1v) is 12.6. The molecule has 6 aromatic carbocycles. The standard InChI is InChI=1S/C34H24N2O4/c37-29-13-5-9-23(33(29)39)19-35-27-17-15-21-7-1-3-11-25(21)31(27)32-26-12-4-2-8-22(26)16-18-28(32)36-20-24-10-6-14-30(38)34(24)40/h1-20,37-40H. The summed E-state index contributed by atoms with van der Waals surface area (Å²) in [7, 11) is 0. The van der Waals surface area contributed by atoms with Crippen LogP contribution in [0.5, 0.6) is 23.0 Å². The van der Waals surface area contributed by atoms with Crippen LogP contribution in [0.15, 0.2) is 119 Å².